The van der Waals surface area contributed by atoms with Crippen molar-refractivity contribution in [2.45, 2.75) is 178 Å². The largest absolute Gasteiger partial charge is 0.488 e. The van der Waals surface area contributed by atoms with Crippen LogP contribution in [0.25, 0.3) is 20.0 Å². The molecule has 8 aromatic heterocycles. The Bertz CT molecular complexity index is 7050. The fraction of sp³-hybridized carbons (Fsp3) is 0.303. The van der Waals surface area contributed by atoms with Crippen LogP contribution in [0.15, 0.2) is 182 Å². The van der Waals surface area contributed by atoms with Gasteiger partial charge in [-0.1, -0.05) is 143 Å². The molecule has 0 bridgehead atoms. The fourth-order valence-corrected chi connectivity index (χ4v) is 21.2. The third-order valence-corrected chi connectivity index (χ3v) is 28.5. The minimum absolute atomic E-state index is 0.0142. The maximum Gasteiger partial charge on any atom is 0.488 e. The fourth-order valence-electron chi connectivity index (χ4n) is 16.1. The summed E-state index contributed by atoms with van der Waals surface area (Å²) < 4.78 is 24.6. The summed E-state index contributed by atoms with van der Waals surface area (Å²) >= 11 is 31.2. The lowest BCUT2D eigenvalue weighted by molar-refractivity contribution is -0.156. The molecule has 29 nitrogen and oxygen atoms in total. The molecule has 6 aromatic carbocycles. The zero-order valence-corrected chi connectivity index (χ0v) is 84.9. The number of fused-ring (bicyclic) bond motifs is 12. The predicted octanol–water partition coefficient (Wildman–Crippen LogP) is 17.1. The number of esters is 2. The smallest absolute Gasteiger partial charge is 0.460 e. The number of nitrogens with zero attached hydrogens (tertiary/aromatic N) is 17. The summed E-state index contributed by atoms with van der Waals surface area (Å²) in [5.74, 6) is 4.53. The van der Waals surface area contributed by atoms with E-state index in [0.717, 1.165) is 133 Å². The van der Waals surface area contributed by atoms with Gasteiger partial charge in [-0.15, -0.1) is 86.1 Å². The molecule has 12 heterocycles. The zero-order chi connectivity index (χ0) is 98.6. The van der Waals surface area contributed by atoms with Crippen LogP contribution in [-0.4, -0.2) is 177 Å². The van der Waals surface area contributed by atoms with Gasteiger partial charge in [0.25, 0.3) is 0 Å². The maximum atomic E-state index is 13.1. The van der Waals surface area contributed by atoms with E-state index in [1.807, 2.05) is 201 Å². The number of benzene rings is 6. The number of thiophene rings is 4. The number of aromatic nitrogens is 12. The number of carbonyl (C=O) groups excluding carboxylic acids is 4. The Morgan fingerprint density at radius 2 is 0.797 bits per heavy atom. The highest BCUT2D eigenvalue weighted by molar-refractivity contribution is 7.16. The van der Waals surface area contributed by atoms with Gasteiger partial charge in [0.1, 0.15) is 79.5 Å². The first-order valence-electron chi connectivity index (χ1n) is 44.3. The summed E-state index contributed by atoms with van der Waals surface area (Å²) in [4.78, 5) is 79.7. The van der Waals surface area contributed by atoms with E-state index < -0.39 is 49.6 Å². The number of Topliss-reactive ketones (excluding diaryl/α,β-unsaturated/α-hetero) is 1. The van der Waals surface area contributed by atoms with E-state index in [0.29, 0.717) is 73.1 Å². The van der Waals surface area contributed by atoms with Gasteiger partial charge < -0.3 is 39.6 Å². The van der Waals surface area contributed by atoms with Crippen LogP contribution in [0.1, 0.15) is 225 Å². The van der Waals surface area contributed by atoms with Crippen molar-refractivity contribution in [1.29, 1.82) is 0 Å². The Hall–Kier alpha value is -11.8. The second kappa shape index (κ2) is 42.9. The topological polar surface area (TPSA) is 374 Å². The number of ketones is 1. The minimum atomic E-state index is -1.52. The lowest BCUT2D eigenvalue weighted by Gasteiger charge is -2.21. The third kappa shape index (κ3) is 22.9. The molecule has 0 unspecified atom stereocenters. The summed E-state index contributed by atoms with van der Waals surface area (Å²) in [5.41, 5.74) is 15.7. The molecule has 0 saturated carbocycles. The summed E-state index contributed by atoms with van der Waals surface area (Å²) in [6.07, 6.45) is 2.58. The average molecular weight is 2010 g/mol. The molecule has 5 N–H and O–H groups in total. The van der Waals surface area contributed by atoms with Gasteiger partial charge in [0.2, 0.25) is 5.91 Å². The summed E-state index contributed by atoms with van der Waals surface area (Å²) in [6.45, 7) is 30.1. The van der Waals surface area contributed by atoms with Crippen molar-refractivity contribution < 1.29 is 53.5 Å². The van der Waals surface area contributed by atoms with Crippen molar-refractivity contribution in [3.63, 3.8) is 0 Å². The Kier molecular flexibility index (Phi) is 31.3. The number of amides is 1. The number of ether oxygens (including phenoxy) is 3. The zero-order valence-electron chi connectivity index (χ0n) is 78.6. The van der Waals surface area contributed by atoms with Crippen molar-refractivity contribution in [3.05, 3.63) is 311 Å². The Balaban J connectivity index is 0.000000140. The van der Waals surface area contributed by atoms with Crippen molar-refractivity contribution >= 4 is 170 Å². The van der Waals surface area contributed by atoms with E-state index in [4.69, 9.17) is 80.6 Å². The van der Waals surface area contributed by atoms with Crippen LogP contribution < -0.4 is 16.2 Å². The van der Waals surface area contributed by atoms with Gasteiger partial charge in [-0.05, 0) is 209 Å². The Labute approximate surface area is 834 Å². The summed E-state index contributed by atoms with van der Waals surface area (Å²) in [7, 11) is -1.40. The first-order valence-corrected chi connectivity index (χ1v) is 49.2. The number of hydrogen-bond donors (Lipinski definition) is 5. The second-order valence-electron chi connectivity index (χ2n) is 35.3. The molecule has 39 heteroatoms. The van der Waals surface area contributed by atoms with Crippen molar-refractivity contribution in [3.8, 4) is 20.0 Å². The SMILES string of the molecule is COCc1nnc2n1-c1sc(C)c(C)c1C(c1ccc(Cl)cc1)=N[C@H]2CC(=O)OC(C)(C)C.Cc1nnc2n1-c1sccc1C(c1ccc(Cl)cc1)=N[C@H]2CC(=O)OC(C)(C)C.Cc1sc2c(c1C)C(c1ccc(Cl)cc1)=N[C@@H](CC(=O)CN=Cc1ccc(B(O)O)cc1)c1nnc(C)n1-2.Cc1sc2c(c1C)C(c1ccc(Cl)cc1)=N[C@@H](CC(=O)NCCc1ccc(B(O)O)cc1)c1nnc(C)n1-2. The standard InChI is InChI=1S/C27H25BClN5O3S.C27H27BClN5O3S.C24H27ClN4O3S.C21H21ClN4O2S/c1-15-16(2)38-27-24(15)25(19-6-10-21(29)11-7-19)31-23(26-33-32-17(3)34(26)27)12-22(35)14-30-13-18-4-8-20(9-5-18)28(36)37;1-15-16(2)38-27-24(15)25(19-6-10-21(29)11-7-19)31-22(26-33-32-17(3)34(26)27)14-23(35)30-13-12-18-4-8-20(9-5-18)28(36)37;1-13-14(2)33-23-20(13)21(15-7-9-16(25)10-8-15)26-17(11-19(30)32-24(3,4)5)22-28-27-18(12-31-6)29(22)23;1-12-24-25-19-16(11-17(27)28-21(2,3)4)23-18(13-5-7-14(22)8-6-13)15-9-10-29-20(15)26(12)19/h4-11,13,23,36-37H,12,14H2,1-3H3;4-11,22,36-37H,12-14H2,1-3H3,(H,30,35);7-10,17H,11-12H2,1-6H3;5-10,16H,11H2,1-4H3/t23-;22-;17-;16-/m0000/s1. The molecule has 14 aromatic rings. The van der Waals surface area contributed by atoms with Crippen molar-refractivity contribution in [2.75, 3.05) is 20.2 Å². The molecule has 4 aliphatic heterocycles. The number of methoxy groups -OCH3 is 1. The molecule has 0 aliphatic carbocycles. The number of halogens is 4. The van der Waals surface area contributed by atoms with E-state index >= 15 is 0 Å². The predicted molar refractivity (Wildman–Crippen MR) is 546 cm³/mol. The van der Waals surface area contributed by atoms with Gasteiger partial charge in [0.15, 0.2) is 34.9 Å². The molecule has 710 valence electrons. The average Bonchev–Trinajstić information content (AvgIpc) is 1.60. The Morgan fingerprint density at radius 1 is 0.442 bits per heavy atom. The number of aryl methyl sites for hydroxylation is 6. The van der Waals surface area contributed by atoms with Gasteiger partial charge in [0, 0.05) is 106 Å². The van der Waals surface area contributed by atoms with Crippen LogP contribution in [-0.2, 0) is 46.4 Å². The quantitative estimate of drug-likeness (QED) is 0.0239. The number of nitrogens with one attached hydrogen (secondary N) is 1. The van der Waals surface area contributed by atoms with E-state index in [-0.39, 0.29) is 62.5 Å². The van der Waals surface area contributed by atoms with E-state index in [9.17, 15) is 39.3 Å². The summed E-state index contributed by atoms with van der Waals surface area (Å²) in [5, 5.41) is 83.5. The van der Waals surface area contributed by atoms with Crippen LogP contribution in [0.4, 0.5) is 0 Å². The van der Waals surface area contributed by atoms with Gasteiger partial charge >= 0.3 is 26.2 Å². The van der Waals surface area contributed by atoms with Gasteiger partial charge in [-0.2, -0.15) is 0 Å². The number of hydrogen-bond acceptors (Lipinski definition) is 28. The number of carbonyl (C=O) groups is 4. The number of aliphatic imine (C=N–C) groups is 5. The highest BCUT2D eigenvalue weighted by Crippen LogP contribution is 2.45. The second-order valence-corrected chi connectivity index (χ2v) is 41.6. The molecule has 4 atom stereocenters. The highest BCUT2D eigenvalue weighted by atomic mass is 35.5. The monoisotopic (exact) mass is 2010 g/mol. The summed E-state index contributed by atoms with van der Waals surface area (Å²) in [6, 6.07) is 43.8. The van der Waals surface area contributed by atoms with Crippen molar-refractivity contribution in [2.24, 2.45) is 25.0 Å². The first-order chi connectivity index (χ1) is 65.8. The molecule has 0 fully saturated rings. The first kappa shape index (κ1) is 101. The van der Waals surface area contributed by atoms with E-state index in [2.05, 4.69) is 92.6 Å². The van der Waals surface area contributed by atoms with Crippen molar-refractivity contribution in [1.82, 2.24) is 64.4 Å². The van der Waals surface area contributed by atoms with Gasteiger partial charge in [-0.3, -0.25) is 62.4 Å². The molecular formula is C99H100B2Cl4N18O11S4. The molecule has 1 amide bonds. The molecule has 4 aliphatic rings. The van der Waals surface area contributed by atoms with Crippen LogP contribution in [0.3, 0.4) is 0 Å². The minimum Gasteiger partial charge on any atom is -0.460 e. The molecule has 138 heavy (non-hydrogen) atoms. The van der Waals surface area contributed by atoms with E-state index in [1.54, 1.807) is 95.1 Å². The number of rotatable bonds is 22. The van der Waals surface area contributed by atoms with E-state index in [1.165, 1.54) is 14.6 Å². The lowest BCUT2D eigenvalue weighted by Crippen LogP contribution is -2.30. The molecule has 18 rings (SSSR count). The normalized spacial score (nSPS) is 15.0. The molecule has 0 radical (unpaired) electrons. The van der Waals surface area contributed by atoms with Gasteiger partial charge in [-0.25, -0.2) is 0 Å². The molecular weight excluding hydrogens is 1910 g/mol. The molecule has 0 spiro atoms. The third-order valence-electron chi connectivity index (χ3n) is 23.0. The van der Waals surface area contributed by atoms with Gasteiger partial charge in [0.05, 0.1) is 48.7 Å². The highest BCUT2D eigenvalue weighted by Gasteiger charge is 2.39. The van der Waals surface area contributed by atoms with Crippen LogP contribution in [0.5, 0.6) is 0 Å². The van der Waals surface area contributed by atoms with Crippen LogP contribution >= 0.6 is 91.8 Å². The van der Waals surface area contributed by atoms with Crippen LogP contribution in [0.2, 0.25) is 20.1 Å². The lowest BCUT2D eigenvalue weighted by atomic mass is 9.80. The Morgan fingerprint density at radius 3 is 1.20 bits per heavy atom. The van der Waals surface area contributed by atoms with Crippen LogP contribution in [0, 0.1) is 62.3 Å². The molecule has 0 saturated heterocycles. The maximum absolute atomic E-state index is 13.1.